The number of sulfone groups is 1. The average Bonchev–Trinajstić information content (AvgIpc) is 2.83. The first-order valence-corrected chi connectivity index (χ1v) is 8.86. The lowest BCUT2D eigenvalue weighted by Gasteiger charge is -2.14. The molecule has 2 aromatic rings. The van der Waals surface area contributed by atoms with Crippen molar-refractivity contribution in [2.24, 2.45) is 0 Å². The van der Waals surface area contributed by atoms with Crippen molar-refractivity contribution in [2.75, 3.05) is 6.26 Å². The van der Waals surface area contributed by atoms with E-state index in [1.54, 1.807) is 4.57 Å². The van der Waals surface area contributed by atoms with Gasteiger partial charge in [-0.1, -0.05) is 32.0 Å². The first-order valence-electron chi connectivity index (χ1n) is 6.97. The third kappa shape index (κ3) is 3.15. The van der Waals surface area contributed by atoms with Crippen molar-refractivity contribution < 1.29 is 8.42 Å². The van der Waals surface area contributed by atoms with Crippen LogP contribution in [0.1, 0.15) is 45.2 Å². The van der Waals surface area contributed by atoms with E-state index in [9.17, 15) is 8.42 Å². The van der Waals surface area contributed by atoms with Crippen molar-refractivity contribution >= 4 is 9.84 Å². The normalized spacial score (nSPS) is 12.3. The van der Waals surface area contributed by atoms with E-state index in [4.69, 9.17) is 0 Å². The van der Waals surface area contributed by atoms with E-state index in [1.807, 2.05) is 32.0 Å². The average molecular weight is 307 g/mol. The molecule has 0 aliphatic carbocycles. The van der Waals surface area contributed by atoms with E-state index in [0.717, 1.165) is 11.8 Å². The summed E-state index contributed by atoms with van der Waals surface area (Å²) in [7, 11) is -3.40. The van der Waals surface area contributed by atoms with Crippen LogP contribution in [0.5, 0.6) is 0 Å². The summed E-state index contributed by atoms with van der Waals surface area (Å²) in [5, 5.41) is 8.01. The minimum Gasteiger partial charge on any atom is -0.295 e. The lowest BCUT2D eigenvalue weighted by atomic mass is 10.0. The number of rotatable bonds is 4. The molecule has 0 bridgehead atoms. The minimum absolute atomic E-state index is 0.0162. The highest BCUT2D eigenvalue weighted by Crippen LogP contribution is 2.27. The van der Waals surface area contributed by atoms with E-state index >= 15 is 0 Å². The lowest BCUT2D eigenvalue weighted by molar-refractivity contribution is 0.526. The first-order chi connectivity index (χ1) is 9.71. The third-order valence-electron chi connectivity index (χ3n) is 3.32. The van der Waals surface area contributed by atoms with Crippen LogP contribution >= 0.6 is 0 Å². The summed E-state index contributed by atoms with van der Waals surface area (Å²) in [6.45, 7) is 8.09. The fraction of sp³-hybridized carbons (Fsp3) is 0.467. The van der Waals surface area contributed by atoms with Gasteiger partial charge in [-0.2, -0.15) is 0 Å². The Balaban J connectivity index is 2.65. The molecule has 0 atom stereocenters. The molecule has 1 aromatic heterocycles. The Hall–Kier alpha value is -1.69. The standard InChI is InChI=1S/C15H21N3O2S/c1-10(2)12-7-6-8-13(9-12)14-16-17-15(21(5,19)20)18(14)11(3)4/h6-11H,1-5H3. The number of hydrogen-bond donors (Lipinski definition) is 0. The van der Waals surface area contributed by atoms with E-state index < -0.39 is 9.84 Å². The minimum atomic E-state index is -3.40. The van der Waals surface area contributed by atoms with Gasteiger partial charge in [0.2, 0.25) is 15.0 Å². The lowest BCUT2D eigenvalue weighted by Crippen LogP contribution is -2.12. The second-order valence-corrected chi connectivity index (χ2v) is 7.73. The summed E-state index contributed by atoms with van der Waals surface area (Å²) in [4.78, 5) is 0. The van der Waals surface area contributed by atoms with Gasteiger partial charge >= 0.3 is 0 Å². The van der Waals surface area contributed by atoms with Crippen molar-refractivity contribution in [1.29, 1.82) is 0 Å². The van der Waals surface area contributed by atoms with E-state index in [1.165, 1.54) is 5.56 Å². The van der Waals surface area contributed by atoms with Crippen molar-refractivity contribution in [3.8, 4) is 11.4 Å². The Bertz CT molecular complexity index is 746. The summed E-state index contributed by atoms with van der Waals surface area (Å²) in [6.07, 6.45) is 1.16. The predicted octanol–water partition coefficient (Wildman–Crippen LogP) is 3.05. The van der Waals surface area contributed by atoms with Gasteiger partial charge in [0.05, 0.1) is 0 Å². The van der Waals surface area contributed by atoms with Crippen LogP contribution in [0.3, 0.4) is 0 Å². The Kier molecular flexibility index (Phi) is 4.18. The molecule has 0 radical (unpaired) electrons. The van der Waals surface area contributed by atoms with Crippen LogP contribution in [0.25, 0.3) is 11.4 Å². The molecule has 0 N–H and O–H groups in total. The van der Waals surface area contributed by atoms with Crippen LogP contribution in [-0.4, -0.2) is 29.4 Å². The maximum Gasteiger partial charge on any atom is 0.249 e. The Morgan fingerprint density at radius 1 is 1.10 bits per heavy atom. The molecule has 1 aromatic carbocycles. The maximum absolute atomic E-state index is 11.9. The number of nitrogens with zero attached hydrogens (tertiary/aromatic N) is 3. The zero-order valence-corrected chi connectivity index (χ0v) is 13.8. The Labute approximate surface area is 125 Å². The van der Waals surface area contributed by atoms with Crippen LogP contribution in [0, 0.1) is 0 Å². The molecule has 0 spiro atoms. The molecule has 6 heteroatoms. The van der Waals surface area contributed by atoms with Crippen molar-refractivity contribution in [3.05, 3.63) is 29.8 Å². The van der Waals surface area contributed by atoms with Gasteiger partial charge in [-0.05, 0) is 31.4 Å². The molecule has 0 amide bonds. The molecule has 114 valence electrons. The molecule has 0 aliphatic heterocycles. The molecule has 0 unspecified atom stereocenters. The summed E-state index contributed by atoms with van der Waals surface area (Å²) < 4.78 is 25.4. The van der Waals surface area contributed by atoms with Gasteiger partial charge in [0.1, 0.15) is 0 Å². The third-order valence-corrected chi connectivity index (χ3v) is 4.27. The fourth-order valence-corrected chi connectivity index (χ4v) is 3.07. The van der Waals surface area contributed by atoms with Crippen LogP contribution in [-0.2, 0) is 9.84 Å². The summed E-state index contributed by atoms with van der Waals surface area (Å²) in [5.41, 5.74) is 2.07. The topological polar surface area (TPSA) is 64.8 Å². The molecule has 0 fully saturated rings. The largest absolute Gasteiger partial charge is 0.295 e. The highest BCUT2D eigenvalue weighted by molar-refractivity contribution is 7.90. The van der Waals surface area contributed by atoms with Gasteiger partial charge in [-0.3, -0.25) is 4.57 Å². The highest BCUT2D eigenvalue weighted by atomic mass is 32.2. The van der Waals surface area contributed by atoms with Gasteiger partial charge < -0.3 is 0 Å². The SMILES string of the molecule is CC(C)c1cccc(-c2nnc(S(C)(=O)=O)n2C(C)C)c1. The molecular weight excluding hydrogens is 286 g/mol. The Morgan fingerprint density at radius 3 is 2.29 bits per heavy atom. The molecule has 5 nitrogen and oxygen atoms in total. The van der Waals surface area contributed by atoms with E-state index in [2.05, 4.69) is 30.1 Å². The second-order valence-electron chi connectivity index (χ2n) is 5.82. The van der Waals surface area contributed by atoms with Gasteiger partial charge in [-0.15, -0.1) is 10.2 Å². The highest BCUT2D eigenvalue weighted by Gasteiger charge is 2.23. The maximum atomic E-state index is 11.9. The van der Waals surface area contributed by atoms with E-state index in [0.29, 0.717) is 11.7 Å². The monoisotopic (exact) mass is 307 g/mol. The van der Waals surface area contributed by atoms with Crippen LogP contribution < -0.4 is 0 Å². The summed E-state index contributed by atoms with van der Waals surface area (Å²) in [6, 6.07) is 7.95. The molecule has 21 heavy (non-hydrogen) atoms. The molecule has 2 rings (SSSR count). The van der Waals surface area contributed by atoms with Crippen LogP contribution in [0.2, 0.25) is 0 Å². The van der Waals surface area contributed by atoms with Crippen molar-refractivity contribution in [2.45, 2.75) is 44.8 Å². The van der Waals surface area contributed by atoms with Crippen LogP contribution in [0.4, 0.5) is 0 Å². The number of aromatic nitrogens is 3. The predicted molar refractivity (Wildman–Crippen MR) is 83.0 cm³/mol. The Morgan fingerprint density at radius 2 is 1.76 bits per heavy atom. The summed E-state index contributed by atoms with van der Waals surface area (Å²) >= 11 is 0. The molecule has 1 heterocycles. The number of hydrogen-bond acceptors (Lipinski definition) is 4. The number of benzene rings is 1. The van der Waals surface area contributed by atoms with Gasteiger partial charge in [-0.25, -0.2) is 8.42 Å². The molecule has 0 saturated carbocycles. The zero-order chi connectivity index (χ0) is 15.8. The van der Waals surface area contributed by atoms with E-state index in [-0.39, 0.29) is 11.2 Å². The zero-order valence-electron chi connectivity index (χ0n) is 13.0. The molecule has 0 aliphatic rings. The fourth-order valence-electron chi connectivity index (χ4n) is 2.23. The second kappa shape index (κ2) is 5.60. The molecular formula is C15H21N3O2S. The smallest absolute Gasteiger partial charge is 0.249 e. The van der Waals surface area contributed by atoms with Crippen molar-refractivity contribution in [1.82, 2.24) is 14.8 Å². The summed E-state index contributed by atoms with van der Waals surface area (Å²) in [5.74, 6) is 0.989. The first kappa shape index (κ1) is 15.7. The van der Waals surface area contributed by atoms with Crippen molar-refractivity contribution in [3.63, 3.8) is 0 Å². The van der Waals surface area contributed by atoms with Gasteiger partial charge in [0, 0.05) is 17.9 Å². The molecule has 0 saturated heterocycles. The van der Waals surface area contributed by atoms with Gasteiger partial charge in [0.25, 0.3) is 0 Å². The van der Waals surface area contributed by atoms with Gasteiger partial charge in [0.15, 0.2) is 5.82 Å². The quantitative estimate of drug-likeness (QED) is 0.871. The van der Waals surface area contributed by atoms with Crippen LogP contribution in [0.15, 0.2) is 29.4 Å².